The summed E-state index contributed by atoms with van der Waals surface area (Å²) in [4.78, 5) is 2.43. The van der Waals surface area contributed by atoms with Gasteiger partial charge in [-0.3, -0.25) is 0 Å². The van der Waals surface area contributed by atoms with Crippen LogP contribution in [-0.2, 0) is 6.54 Å². The summed E-state index contributed by atoms with van der Waals surface area (Å²) in [5.74, 6) is 2.52. The number of hydrogen-bond donors (Lipinski definition) is 0. The highest BCUT2D eigenvalue weighted by molar-refractivity contribution is 5.47. The molecule has 0 spiro atoms. The van der Waals surface area contributed by atoms with Crippen molar-refractivity contribution in [3.63, 3.8) is 0 Å². The summed E-state index contributed by atoms with van der Waals surface area (Å²) in [6.07, 6.45) is 5.62. The number of benzene rings is 1. The zero-order chi connectivity index (χ0) is 14.5. The molecule has 0 radical (unpaired) electrons. The van der Waals surface area contributed by atoms with Gasteiger partial charge in [0.2, 0.25) is 0 Å². The Hall–Kier alpha value is -1.22. The van der Waals surface area contributed by atoms with E-state index in [4.69, 9.17) is 9.47 Å². The van der Waals surface area contributed by atoms with E-state index in [0.717, 1.165) is 24.0 Å². The predicted molar refractivity (Wildman–Crippen MR) is 82.6 cm³/mol. The number of rotatable bonds is 6. The quantitative estimate of drug-likeness (QED) is 0.792. The molecule has 112 valence electrons. The van der Waals surface area contributed by atoms with Crippen LogP contribution in [-0.4, -0.2) is 32.7 Å². The van der Waals surface area contributed by atoms with Crippen molar-refractivity contribution in [2.75, 3.05) is 27.8 Å². The van der Waals surface area contributed by atoms with Crippen LogP contribution in [0.1, 0.15) is 36.8 Å². The molecule has 1 saturated carbocycles. The minimum absolute atomic E-state index is 0.812. The maximum atomic E-state index is 5.40. The van der Waals surface area contributed by atoms with Crippen LogP contribution in [0.25, 0.3) is 0 Å². The maximum Gasteiger partial charge on any atom is 0.161 e. The first-order valence-electron chi connectivity index (χ1n) is 7.54. The van der Waals surface area contributed by atoms with Crippen LogP contribution in [0.15, 0.2) is 12.1 Å². The summed E-state index contributed by atoms with van der Waals surface area (Å²) in [5.41, 5.74) is 2.59. The third-order valence-corrected chi connectivity index (χ3v) is 4.33. The lowest BCUT2D eigenvalue weighted by Crippen LogP contribution is -2.24. The minimum atomic E-state index is 0.812. The van der Waals surface area contributed by atoms with E-state index < -0.39 is 0 Å². The van der Waals surface area contributed by atoms with E-state index in [1.807, 2.05) is 0 Å². The van der Waals surface area contributed by atoms with Gasteiger partial charge in [0.1, 0.15) is 0 Å². The summed E-state index contributed by atoms with van der Waals surface area (Å²) in [7, 11) is 5.59. The van der Waals surface area contributed by atoms with Gasteiger partial charge < -0.3 is 14.4 Å². The van der Waals surface area contributed by atoms with Crippen LogP contribution in [0, 0.1) is 12.8 Å². The first-order chi connectivity index (χ1) is 9.63. The predicted octanol–water partition coefficient (Wildman–Crippen LogP) is 3.63. The van der Waals surface area contributed by atoms with Crippen LogP contribution in [0.5, 0.6) is 11.5 Å². The Labute approximate surface area is 122 Å². The van der Waals surface area contributed by atoms with Gasteiger partial charge in [-0.25, -0.2) is 0 Å². The van der Waals surface area contributed by atoms with Gasteiger partial charge in [0.25, 0.3) is 0 Å². The first-order valence-corrected chi connectivity index (χ1v) is 7.54. The van der Waals surface area contributed by atoms with E-state index in [2.05, 4.69) is 31.0 Å². The van der Waals surface area contributed by atoms with E-state index in [-0.39, 0.29) is 0 Å². The van der Waals surface area contributed by atoms with Crippen LogP contribution in [0.3, 0.4) is 0 Å². The number of methoxy groups -OCH3 is 2. The van der Waals surface area contributed by atoms with E-state index in [1.165, 1.54) is 43.4 Å². The normalized spacial score (nSPS) is 15.8. The summed E-state index contributed by atoms with van der Waals surface area (Å²) in [6, 6.07) is 4.18. The Balaban J connectivity index is 2.03. The van der Waals surface area contributed by atoms with Crippen molar-refractivity contribution in [1.29, 1.82) is 0 Å². The lowest BCUT2D eigenvalue weighted by molar-refractivity contribution is 0.270. The molecule has 0 aromatic heterocycles. The van der Waals surface area contributed by atoms with Gasteiger partial charge in [-0.05, 0) is 56.0 Å². The van der Waals surface area contributed by atoms with Crippen molar-refractivity contribution in [2.24, 2.45) is 5.92 Å². The van der Waals surface area contributed by atoms with Gasteiger partial charge in [-0.15, -0.1) is 0 Å². The van der Waals surface area contributed by atoms with E-state index in [0.29, 0.717) is 0 Å². The topological polar surface area (TPSA) is 21.7 Å². The molecule has 1 fully saturated rings. The molecule has 0 saturated heterocycles. The Morgan fingerprint density at radius 2 is 1.70 bits per heavy atom. The highest BCUT2D eigenvalue weighted by atomic mass is 16.5. The molecule has 1 aromatic rings. The standard InChI is InChI=1S/C17H27NO2/c1-13-9-16(19-3)17(20-4)10-15(13)12-18(2)11-14-7-5-6-8-14/h9-10,14H,5-8,11-12H2,1-4H3. The summed E-state index contributed by atoms with van der Waals surface area (Å²) in [6.45, 7) is 4.32. The Bertz CT molecular complexity index is 439. The van der Waals surface area contributed by atoms with Crippen molar-refractivity contribution < 1.29 is 9.47 Å². The van der Waals surface area contributed by atoms with Crippen molar-refractivity contribution in [3.8, 4) is 11.5 Å². The molecule has 1 aromatic carbocycles. The summed E-state index contributed by atoms with van der Waals surface area (Å²) >= 11 is 0. The number of ether oxygens (including phenoxy) is 2. The molecule has 0 N–H and O–H groups in total. The van der Waals surface area contributed by atoms with Gasteiger partial charge in [0.15, 0.2) is 11.5 Å². The van der Waals surface area contributed by atoms with Gasteiger partial charge in [0, 0.05) is 13.1 Å². The second-order valence-corrected chi connectivity index (χ2v) is 5.98. The fourth-order valence-electron chi connectivity index (χ4n) is 3.18. The second-order valence-electron chi connectivity index (χ2n) is 5.98. The lowest BCUT2D eigenvalue weighted by atomic mass is 10.1. The third kappa shape index (κ3) is 3.66. The van der Waals surface area contributed by atoms with Crippen molar-refractivity contribution in [3.05, 3.63) is 23.3 Å². The fourth-order valence-corrected chi connectivity index (χ4v) is 3.18. The Morgan fingerprint density at radius 3 is 2.30 bits per heavy atom. The van der Waals surface area contributed by atoms with Gasteiger partial charge in [-0.1, -0.05) is 12.8 Å². The largest absolute Gasteiger partial charge is 0.493 e. The van der Waals surface area contributed by atoms with Crippen LogP contribution in [0.2, 0.25) is 0 Å². The van der Waals surface area contributed by atoms with Gasteiger partial charge in [-0.2, -0.15) is 0 Å². The number of hydrogen-bond acceptors (Lipinski definition) is 3. The van der Waals surface area contributed by atoms with Crippen LogP contribution in [0.4, 0.5) is 0 Å². The highest BCUT2D eigenvalue weighted by Gasteiger charge is 2.17. The molecular weight excluding hydrogens is 250 g/mol. The average molecular weight is 277 g/mol. The molecular formula is C17H27NO2. The lowest BCUT2D eigenvalue weighted by Gasteiger charge is -2.22. The summed E-state index contributed by atoms with van der Waals surface area (Å²) in [5, 5.41) is 0. The van der Waals surface area contributed by atoms with Crippen molar-refractivity contribution >= 4 is 0 Å². The molecule has 0 unspecified atom stereocenters. The van der Waals surface area contributed by atoms with Crippen LogP contribution < -0.4 is 9.47 Å². The van der Waals surface area contributed by atoms with E-state index in [9.17, 15) is 0 Å². The molecule has 3 heteroatoms. The molecule has 1 aliphatic rings. The van der Waals surface area contributed by atoms with Gasteiger partial charge in [0.05, 0.1) is 14.2 Å². The number of nitrogens with zero attached hydrogens (tertiary/aromatic N) is 1. The molecule has 20 heavy (non-hydrogen) atoms. The molecule has 0 bridgehead atoms. The SMILES string of the molecule is COc1cc(C)c(CN(C)CC2CCCC2)cc1OC. The fraction of sp³-hybridized carbons (Fsp3) is 0.647. The molecule has 0 atom stereocenters. The number of aryl methyl sites for hydroxylation is 1. The zero-order valence-electron chi connectivity index (χ0n) is 13.2. The molecule has 2 rings (SSSR count). The van der Waals surface area contributed by atoms with E-state index in [1.54, 1.807) is 14.2 Å². The highest BCUT2D eigenvalue weighted by Crippen LogP contribution is 2.31. The van der Waals surface area contributed by atoms with Crippen LogP contribution >= 0.6 is 0 Å². The third-order valence-electron chi connectivity index (χ3n) is 4.33. The zero-order valence-corrected chi connectivity index (χ0v) is 13.2. The molecule has 0 amide bonds. The minimum Gasteiger partial charge on any atom is -0.493 e. The molecule has 0 heterocycles. The smallest absolute Gasteiger partial charge is 0.161 e. The van der Waals surface area contributed by atoms with Crippen molar-refractivity contribution in [1.82, 2.24) is 4.90 Å². The maximum absolute atomic E-state index is 5.40. The second kappa shape index (κ2) is 6.98. The molecule has 3 nitrogen and oxygen atoms in total. The Morgan fingerprint density at radius 1 is 1.10 bits per heavy atom. The molecule has 1 aliphatic carbocycles. The summed E-state index contributed by atoms with van der Waals surface area (Å²) < 4.78 is 10.7. The Kier molecular flexibility index (Phi) is 5.30. The van der Waals surface area contributed by atoms with Gasteiger partial charge >= 0.3 is 0 Å². The van der Waals surface area contributed by atoms with Crippen molar-refractivity contribution in [2.45, 2.75) is 39.2 Å². The average Bonchev–Trinajstić information content (AvgIpc) is 2.93. The monoisotopic (exact) mass is 277 g/mol. The molecule has 0 aliphatic heterocycles. The van der Waals surface area contributed by atoms with E-state index >= 15 is 0 Å². The first kappa shape index (κ1) is 15.2.